The van der Waals surface area contributed by atoms with Gasteiger partial charge < -0.3 is 15.6 Å². The zero-order valence-corrected chi connectivity index (χ0v) is 9.06. The summed E-state index contributed by atoms with van der Waals surface area (Å²) in [5.41, 5.74) is 6.22. The molecule has 0 bridgehead atoms. The van der Waals surface area contributed by atoms with Crippen molar-refractivity contribution in [1.29, 1.82) is 0 Å². The predicted octanol–water partition coefficient (Wildman–Crippen LogP) is 0.983. The van der Waals surface area contributed by atoms with E-state index >= 15 is 0 Å². The quantitative estimate of drug-likeness (QED) is 0.555. The number of pyridine rings is 1. The summed E-state index contributed by atoms with van der Waals surface area (Å²) in [6.45, 7) is 0.526. The minimum Gasteiger partial charge on any atom is -0.461 e. The van der Waals surface area contributed by atoms with E-state index in [1.165, 1.54) is 12.3 Å². The van der Waals surface area contributed by atoms with Crippen LogP contribution in [0.1, 0.15) is 29.8 Å². The number of anilines is 1. The fourth-order valence-corrected chi connectivity index (χ4v) is 1.16. The van der Waals surface area contributed by atoms with E-state index in [4.69, 9.17) is 15.6 Å². The van der Waals surface area contributed by atoms with E-state index in [9.17, 15) is 4.79 Å². The van der Waals surface area contributed by atoms with Crippen LogP contribution < -0.4 is 5.73 Å². The largest absolute Gasteiger partial charge is 0.461 e. The fraction of sp³-hybridized carbons (Fsp3) is 0.455. The molecule has 1 aromatic heterocycles. The molecule has 5 nitrogen and oxygen atoms in total. The highest BCUT2D eigenvalue weighted by atomic mass is 16.5. The molecule has 1 aromatic rings. The molecule has 1 rings (SSSR count). The molecule has 0 aliphatic rings. The summed E-state index contributed by atoms with van der Waals surface area (Å²) in [6, 6.07) is 3.14. The smallest absolute Gasteiger partial charge is 0.356 e. The van der Waals surface area contributed by atoms with Crippen LogP contribution in [0.3, 0.4) is 0 Å². The van der Waals surface area contributed by atoms with Crippen LogP contribution in [0.5, 0.6) is 0 Å². The highest BCUT2D eigenvalue weighted by molar-refractivity contribution is 5.87. The Bertz CT molecular complexity index is 325. The molecule has 0 aliphatic heterocycles. The molecule has 0 saturated heterocycles. The van der Waals surface area contributed by atoms with Gasteiger partial charge in [-0.05, 0) is 31.4 Å². The van der Waals surface area contributed by atoms with Gasteiger partial charge in [0.1, 0.15) is 5.69 Å². The number of hydrogen-bond acceptors (Lipinski definition) is 5. The Morgan fingerprint density at radius 3 is 2.81 bits per heavy atom. The number of nitrogens with two attached hydrogens (primary N) is 1. The minimum absolute atomic E-state index is 0.174. The normalized spacial score (nSPS) is 10.1. The number of esters is 1. The number of aliphatic hydroxyl groups excluding tert-OH is 1. The van der Waals surface area contributed by atoms with Crippen molar-refractivity contribution in [1.82, 2.24) is 4.98 Å². The molecular formula is C11H16N2O3. The molecule has 0 radical (unpaired) electrons. The number of carbonyl (C=O) groups is 1. The van der Waals surface area contributed by atoms with Crippen molar-refractivity contribution >= 4 is 11.7 Å². The Morgan fingerprint density at radius 1 is 1.38 bits per heavy atom. The zero-order chi connectivity index (χ0) is 11.8. The Kier molecular flexibility index (Phi) is 5.28. The molecule has 0 atom stereocenters. The highest BCUT2D eigenvalue weighted by Gasteiger charge is 2.07. The molecule has 0 unspecified atom stereocenters. The monoisotopic (exact) mass is 224 g/mol. The van der Waals surface area contributed by atoms with Crippen molar-refractivity contribution in [3.8, 4) is 0 Å². The second-order valence-corrected chi connectivity index (χ2v) is 3.40. The van der Waals surface area contributed by atoms with Crippen LogP contribution in [0.4, 0.5) is 5.69 Å². The van der Waals surface area contributed by atoms with E-state index in [1.54, 1.807) is 6.07 Å². The molecule has 5 heteroatoms. The van der Waals surface area contributed by atoms with Gasteiger partial charge in [0.2, 0.25) is 0 Å². The summed E-state index contributed by atoms with van der Waals surface area (Å²) >= 11 is 0. The number of unbranched alkanes of at least 4 members (excludes halogenated alkanes) is 2. The Morgan fingerprint density at radius 2 is 2.19 bits per heavy atom. The summed E-state index contributed by atoms with van der Waals surface area (Å²) in [6.07, 6.45) is 3.75. The Hall–Kier alpha value is -1.62. The number of nitrogens with zero attached hydrogens (tertiary/aromatic N) is 1. The lowest BCUT2D eigenvalue weighted by Crippen LogP contribution is -2.08. The third-order valence-corrected chi connectivity index (χ3v) is 2.03. The minimum atomic E-state index is -0.441. The zero-order valence-electron chi connectivity index (χ0n) is 9.06. The first kappa shape index (κ1) is 12.4. The first-order valence-electron chi connectivity index (χ1n) is 5.23. The maximum Gasteiger partial charge on any atom is 0.356 e. The third kappa shape index (κ3) is 4.27. The third-order valence-electron chi connectivity index (χ3n) is 2.03. The van der Waals surface area contributed by atoms with Gasteiger partial charge in [0, 0.05) is 6.61 Å². The van der Waals surface area contributed by atoms with Crippen molar-refractivity contribution < 1.29 is 14.6 Å². The maximum absolute atomic E-state index is 11.4. The number of carbonyl (C=O) groups excluding carboxylic acids is 1. The molecule has 0 spiro atoms. The van der Waals surface area contributed by atoms with Crippen LogP contribution in [0, 0.1) is 0 Å². The van der Waals surface area contributed by atoms with Crippen molar-refractivity contribution in [2.45, 2.75) is 19.3 Å². The van der Waals surface area contributed by atoms with Crippen molar-refractivity contribution in [2.75, 3.05) is 18.9 Å². The van der Waals surface area contributed by atoms with Gasteiger partial charge in [0.05, 0.1) is 18.5 Å². The lowest BCUT2D eigenvalue weighted by atomic mass is 10.2. The standard InChI is InChI=1S/C11H16N2O3/c12-9-4-5-10(13-8-9)11(15)16-7-3-1-2-6-14/h4-5,8,14H,1-3,6-7,12H2. The molecule has 1 heterocycles. The van der Waals surface area contributed by atoms with E-state index in [2.05, 4.69) is 4.98 Å². The van der Waals surface area contributed by atoms with Gasteiger partial charge in [0.25, 0.3) is 0 Å². The van der Waals surface area contributed by atoms with Gasteiger partial charge >= 0.3 is 5.97 Å². The number of nitrogen functional groups attached to an aromatic ring is 1. The number of aliphatic hydroxyl groups is 1. The SMILES string of the molecule is Nc1ccc(C(=O)OCCCCCO)nc1. The van der Waals surface area contributed by atoms with E-state index < -0.39 is 5.97 Å². The van der Waals surface area contributed by atoms with Crippen molar-refractivity contribution in [2.24, 2.45) is 0 Å². The Labute approximate surface area is 94.2 Å². The van der Waals surface area contributed by atoms with Crippen LogP contribution in [0.2, 0.25) is 0 Å². The van der Waals surface area contributed by atoms with E-state index in [-0.39, 0.29) is 12.3 Å². The lowest BCUT2D eigenvalue weighted by Gasteiger charge is -2.03. The number of aromatic nitrogens is 1. The van der Waals surface area contributed by atoms with Crippen molar-refractivity contribution in [3.63, 3.8) is 0 Å². The maximum atomic E-state index is 11.4. The average Bonchev–Trinajstić information content (AvgIpc) is 2.29. The van der Waals surface area contributed by atoms with E-state index in [1.807, 2.05) is 0 Å². The number of ether oxygens (including phenoxy) is 1. The average molecular weight is 224 g/mol. The summed E-state index contributed by atoms with van der Waals surface area (Å²) in [5.74, 6) is -0.441. The van der Waals surface area contributed by atoms with E-state index in [0.29, 0.717) is 12.3 Å². The van der Waals surface area contributed by atoms with E-state index in [0.717, 1.165) is 19.3 Å². The molecule has 0 aliphatic carbocycles. The van der Waals surface area contributed by atoms with Crippen LogP contribution in [0.15, 0.2) is 18.3 Å². The summed E-state index contributed by atoms with van der Waals surface area (Å²) in [7, 11) is 0. The van der Waals surface area contributed by atoms with Crippen LogP contribution in [-0.2, 0) is 4.74 Å². The topological polar surface area (TPSA) is 85.4 Å². The van der Waals surface area contributed by atoms with Gasteiger partial charge in [-0.15, -0.1) is 0 Å². The van der Waals surface area contributed by atoms with Gasteiger partial charge in [0.15, 0.2) is 0 Å². The molecule has 0 aromatic carbocycles. The van der Waals surface area contributed by atoms with Gasteiger partial charge in [-0.25, -0.2) is 9.78 Å². The number of rotatable bonds is 6. The second-order valence-electron chi connectivity index (χ2n) is 3.40. The molecule has 16 heavy (non-hydrogen) atoms. The first-order valence-corrected chi connectivity index (χ1v) is 5.23. The molecule has 88 valence electrons. The van der Waals surface area contributed by atoms with Crippen LogP contribution in [-0.4, -0.2) is 29.3 Å². The van der Waals surface area contributed by atoms with Crippen LogP contribution >= 0.6 is 0 Å². The fourth-order valence-electron chi connectivity index (χ4n) is 1.16. The predicted molar refractivity (Wildman–Crippen MR) is 59.9 cm³/mol. The first-order chi connectivity index (χ1) is 7.74. The van der Waals surface area contributed by atoms with Gasteiger partial charge in [-0.3, -0.25) is 0 Å². The number of hydrogen-bond donors (Lipinski definition) is 2. The summed E-state index contributed by atoms with van der Waals surface area (Å²) in [4.78, 5) is 15.3. The van der Waals surface area contributed by atoms with Gasteiger partial charge in [-0.2, -0.15) is 0 Å². The lowest BCUT2D eigenvalue weighted by molar-refractivity contribution is 0.0490. The van der Waals surface area contributed by atoms with Gasteiger partial charge in [-0.1, -0.05) is 0 Å². The van der Waals surface area contributed by atoms with Crippen molar-refractivity contribution in [3.05, 3.63) is 24.0 Å². The van der Waals surface area contributed by atoms with Crippen LogP contribution in [0.25, 0.3) is 0 Å². The second kappa shape index (κ2) is 6.79. The summed E-state index contributed by atoms with van der Waals surface area (Å²) in [5, 5.41) is 8.55. The Balaban J connectivity index is 2.27. The summed E-state index contributed by atoms with van der Waals surface area (Å²) < 4.78 is 4.99. The molecular weight excluding hydrogens is 208 g/mol. The molecule has 0 fully saturated rings. The highest BCUT2D eigenvalue weighted by Crippen LogP contribution is 2.03. The molecule has 0 amide bonds. The molecule has 0 saturated carbocycles. The molecule has 3 N–H and O–H groups in total.